The standard InChI is InChI=1S/C14H17BrN4O/c1-16-13-12(15)14(18-9-17-13)19-11(8-20)7-10-5-3-2-4-6-10/h2-6,9,11,20H,7-8H2,1H3,(H2,16,17,18,19). The average molecular weight is 337 g/mol. The van der Waals surface area contributed by atoms with E-state index >= 15 is 0 Å². The molecule has 0 saturated carbocycles. The van der Waals surface area contributed by atoms with Crippen molar-refractivity contribution in [3.63, 3.8) is 0 Å². The van der Waals surface area contributed by atoms with Crippen LogP contribution in [0.3, 0.4) is 0 Å². The second-order valence-corrected chi connectivity index (χ2v) is 5.14. The molecule has 2 aromatic rings. The lowest BCUT2D eigenvalue weighted by Crippen LogP contribution is -2.27. The van der Waals surface area contributed by atoms with Crippen LogP contribution in [0.4, 0.5) is 11.6 Å². The molecule has 20 heavy (non-hydrogen) atoms. The third-order valence-electron chi connectivity index (χ3n) is 2.91. The highest BCUT2D eigenvalue weighted by atomic mass is 79.9. The Morgan fingerprint density at radius 3 is 2.55 bits per heavy atom. The first-order valence-corrected chi connectivity index (χ1v) is 7.13. The fourth-order valence-corrected chi connectivity index (χ4v) is 2.42. The lowest BCUT2D eigenvalue weighted by Gasteiger charge is -2.18. The molecule has 1 unspecified atom stereocenters. The SMILES string of the molecule is CNc1ncnc(NC(CO)Cc2ccccc2)c1Br. The van der Waals surface area contributed by atoms with Gasteiger partial charge in [0.15, 0.2) is 0 Å². The number of halogens is 1. The van der Waals surface area contributed by atoms with Gasteiger partial charge in [0.1, 0.15) is 22.4 Å². The van der Waals surface area contributed by atoms with E-state index in [1.54, 1.807) is 7.05 Å². The van der Waals surface area contributed by atoms with Gasteiger partial charge in [-0.1, -0.05) is 30.3 Å². The molecule has 1 aromatic heterocycles. The van der Waals surface area contributed by atoms with E-state index in [0.29, 0.717) is 11.6 Å². The minimum Gasteiger partial charge on any atom is -0.394 e. The van der Waals surface area contributed by atoms with E-state index in [1.807, 2.05) is 30.3 Å². The number of benzene rings is 1. The number of anilines is 2. The Kier molecular flexibility index (Phi) is 5.31. The molecule has 5 nitrogen and oxygen atoms in total. The van der Waals surface area contributed by atoms with Crippen molar-refractivity contribution in [3.05, 3.63) is 46.7 Å². The van der Waals surface area contributed by atoms with Crippen LogP contribution in [0.1, 0.15) is 5.56 Å². The van der Waals surface area contributed by atoms with E-state index in [0.717, 1.165) is 16.5 Å². The van der Waals surface area contributed by atoms with Gasteiger partial charge >= 0.3 is 0 Å². The predicted molar refractivity (Wildman–Crippen MR) is 83.9 cm³/mol. The van der Waals surface area contributed by atoms with Crippen LogP contribution in [0, 0.1) is 0 Å². The zero-order valence-corrected chi connectivity index (χ0v) is 12.8. The van der Waals surface area contributed by atoms with Gasteiger partial charge in [0, 0.05) is 7.05 Å². The van der Waals surface area contributed by atoms with E-state index in [4.69, 9.17) is 0 Å². The summed E-state index contributed by atoms with van der Waals surface area (Å²) in [5.74, 6) is 1.37. The van der Waals surface area contributed by atoms with Crippen LogP contribution in [0.25, 0.3) is 0 Å². The van der Waals surface area contributed by atoms with Gasteiger partial charge < -0.3 is 15.7 Å². The molecule has 0 aliphatic rings. The molecule has 0 radical (unpaired) electrons. The van der Waals surface area contributed by atoms with Crippen molar-refractivity contribution in [1.29, 1.82) is 0 Å². The van der Waals surface area contributed by atoms with E-state index < -0.39 is 0 Å². The first kappa shape index (κ1) is 14.7. The summed E-state index contributed by atoms with van der Waals surface area (Å²) in [6, 6.07) is 9.93. The van der Waals surface area contributed by atoms with Crippen LogP contribution in [-0.4, -0.2) is 34.8 Å². The van der Waals surface area contributed by atoms with Crippen LogP contribution in [0.15, 0.2) is 41.1 Å². The number of nitrogens with one attached hydrogen (secondary N) is 2. The zero-order valence-electron chi connectivity index (χ0n) is 11.2. The highest BCUT2D eigenvalue weighted by Crippen LogP contribution is 2.26. The van der Waals surface area contributed by atoms with Crippen molar-refractivity contribution in [1.82, 2.24) is 9.97 Å². The number of aliphatic hydroxyl groups is 1. The molecule has 0 saturated heterocycles. The molecule has 1 aromatic carbocycles. The molecule has 3 N–H and O–H groups in total. The van der Waals surface area contributed by atoms with Crippen molar-refractivity contribution >= 4 is 27.6 Å². The molecule has 2 rings (SSSR count). The van der Waals surface area contributed by atoms with Crippen LogP contribution < -0.4 is 10.6 Å². The van der Waals surface area contributed by atoms with Crippen LogP contribution in [0.5, 0.6) is 0 Å². The van der Waals surface area contributed by atoms with Gasteiger partial charge in [-0.3, -0.25) is 0 Å². The molecule has 0 aliphatic carbocycles. The van der Waals surface area contributed by atoms with Crippen LogP contribution >= 0.6 is 15.9 Å². The van der Waals surface area contributed by atoms with Crippen LogP contribution in [0.2, 0.25) is 0 Å². The Morgan fingerprint density at radius 2 is 1.90 bits per heavy atom. The summed E-state index contributed by atoms with van der Waals surface area (Å²) < 4.78 is 0.758. The monoisotopic (exact) mass is 336 g/mol. The van der Waals surface area contributed by atoms with Gasteiger partial charge in [0.25, 0.3) is 0 Å². The maximum atomic E-state index is 9.53. The van der Waals surface area contributed by atoms with Gasteiger partial charge in [-0.05, 0) is 27.9 Å². The van der Waals surface area contributed by atoms with E-state index in [-0.39, 0.29) is 12.6 Å². The minimum absolute atomic E-state index is 0.0280. The maximum Gasteiger partial charge on any atom is 0.146 e. The van der Waals surface area contributed by atoms with Gasteiger partial charge in [0.05, 0.1) is 12.6 Å². The minimum atomic E-state index is -0.103. The Balaban J connectivity index is 2.10. The number of rotatable bonds is 6. The number of aromatic nitrogens is 2. The molecule has 6 heteroatoms. The molecule has 1 atom stereocenters. The molecule has 1 heterocycles. The highest BCUT2D eigenvalue weighted by Gasteiger charge is 2.13. The fourth-order valence-electron chi connectivity index (χ4n) is 1.90. The van der Waals surface area contributed by atoms with Crippen molar-refractivity contribution < 1.29 is 5.11 Å². The van der Waals surface area contributed by atoms with E-state index in [9.17, 15) is 5.11 Å². The molecule has 0 fully saturated rings. The fraction of sp³-hybridized carbons (Fsp3) is 0.286. The third-order valence-corrected chi connectivity index (χ3v) is 3.66. The topological polar surface area (TPSA) is 70.1 Å². The van der Waals surface area contributed by atoms with Crippen molar-refractivity contribution in [2.75, 3.05) is 24.3 Å². The first-order valence-electron chi connectivity index (χ1n) is 6.34. The Hall–Kier alpha value is -1.66. The highest BCUT2D eigenvalue weighted by molar-refractivity contribution is 9.10. The summed E-state index contributed by atoms with van der Waals surface area (Å²) in [7, 11) is 1.80. The summed E-state index contributed by atoms with van der Waals surface area (Å²) in [5, 5.41) is 15.7. The van der Waals surface area contributed by atoms with Crippen molar-refractivity contribution in [3.8, 4) is 0 Å². The molecular weight excluding hydrogens is 320 g/mol. The molecule has 106 valence electrons. The average Bonchev–Trinajstić information content (AvgIpc) is 2.49. The summed E-state index contributed by atoms with van der Waals surface area (Å²) in [4.78, 5) is 8.30. The smallest absolute Gasteiger partial charge is 0.146 e. The molecule has 0 bridgehead atoms. The summed E-state index contributed by atoms with van der Waals surface area (Å²) >= 11 is 3.45. The van der Waals surface area contributed by atoms with Crippen LogP contribution in [-0.2, 0) is 6.42 Å². The normalized spacial score (nSPS) is 11.9. The Labute approximate surface area is 126 Å². The Morgan fingerprint density at radius 1 is 1.20 bits per heavy atom. The third kappa shape index (κ3) is 3.68. The van der Waals surface area contributed by atoms with E-state index in [2.05, 4.69) is 36.5 Å². The molecule has 0 aliphatic heterocycles. The van der Waals surface area contributed by atoms with Crippen molar-refractivity contribution in [2.24, 2.45) is 0 Å². The first-order chi connectivity index (χ1) is 9.74. The van der Waals surface area contributed by atoms with E-state index in [1.165, 1.54) is 6.33 Å². The van der Waals surface area contributed by atoms with Gasteiger partial charge in [-0.25, -0.2) is 9.97 Å². The Bertz CT molecular complexity index is 550. The number of hydrogen-bond acceptors (Lipinski definition) is 5. The predicted octanol–water partition coefficient (Wildman–Crippen LogP) is 2.30. The summed E-state index contributed by atoms with van der Waals surface area (Å²) in [6.45, 7) is 0.0280. The number of hydrogen-bond donors (Lipinski definition) is 3. The largest absolute Gasteiger partial charge is 0.394 e. The molecule has 0 amide bonds. The zero-order chi connectivity index (χ0) is 14.4. The van der Waals surface area contributed by atoms with Gasteiger partial charge in [-0.2, -0.15) is 0 Å². The second-order valence-electron chi connectivity index (χ2n) is 4.35. The quantitative estimate of drug-likeness (QED) is 0.755. The second kappa shape index (κ2) is 7.21. The number of aliphatic hydroxyl groups excluding tert-OH is 1. The summed E-state index contributed by atoms with van der Waals surface area (Å²) in [5.41, 5.74) is 1.16. The van der Waals surface area contributed by atoms with Gasteiger partial charge in [0.2, 0.25) is 0 Å². The lowest BCUT2D eigenvalue weighted by molar-refractivity contribution is 0.273. The summed E-state index contributed by atoms with van der Waals surface area (Å²) in [6.07, 6.45) is 2.21. The number of nitrogens with zero attached hydrogens (tertiary/aromatic N) is 2. The van der Waals surface area contributed by atoms with Crippen molar-refractivity contribution in [2.45, 2.75) is 12.5 Å². The lowest BCUT2D eigenvalue weighted by atomic mass is 10.1. The maximum absolute atomic E-state index is 9.53. The molecule has 0 spiro atoms. The van der Waals surface area contributed by atoms with Gasteiger partial charge in [-0.15, -0.1) is 0 Å². The molecular formula is C14H17BrN4O.